The SMILES string of the molecule is COc1ccc(CCN2C(=O)CC(Nc3ccc(F)c(Cl)c3)C2=O)cc1OC. The largest absolute Gasteiger partial charge is 0.493 e. The number of carbonyl (C=O) groups is 2. The molecule has 1 aliphatic rings. The van der Waals surface area contributed by atoms with Gasteiger partial charge in [0, 0.05) is 12.2 Å². The van der Waals surface area contributed by atoms with Crippen molar-refractivity contribution in [2.24, 2.45) is 0 Å². The molecule has 1 saturated heterocycles. The predicted molar refractivity (Wildman–Crippen MR) is 103 cm³/mol. The zero-order valence-corrected chi connectivity index (χ0v) is 16.3. The summed E-state index contributed by atoms with van der Waals surface area (Å²) in [7, 11) is 3.10. The topological polar surface area (TPSA) is 67.9 Å². The summed E-state index contributed by atoms with van der Waals surface area (Å²) in [6.45, 7) is 0.259. The Kier molecular flexibility index (Phi) is 6.04. The van der Waals surface area contributed by atoms with Gasteiger partial charge in [0.15, 0.2) is 11.5 Å². The molecule has 0 bridgehead atoms. The molecule has 1 atom stereocenters. The van der Waals surface area contributed by atoms with Gasteiger partial charge in [-0.15, -0.1) is 0 Å². The molecule has 0 aromatic heterocycles. The van der Waals surface area contributed by atoms with Gasteiger partial charge in [-0.25, -0.2) is 4.39 Å². The number of methoxy groups -OCH3 is 2. The van der Waals surface area contributed by atoms with Crippen LogP contribution in [0, 0.1) is 5.82 Å². The van der Waals surface area contributed by atoms with E-state index in [9.17, 15) is 14.0 Å². The van der Waals surface area contributed by atoms with E-state index in [1.165, 1.54) is 23.1 Å². The van der Waals surface area contributed by atoms with Crippen molar-refractivity contribution in [2.45, 2.75) is 18.9 Å². The molecule has 1 aliphatic heterocycles. The van der Waals surface area contributed by atoms with Gasteiger partial charge in [-0.3, -0.25) is 14.5 Å². The summed E-state index contributed by atoms with van der Waals surface area (Å²) >= 11 is 5.76. The van der Waals surface area contributed by atoms with Crippen LogP contribution in [0.5, 0.6) is 11.5 Å². The van der Waals surface area contributed by atoms with Gasteiger partial charge in [0.2, 0.25) is 5.91 Å². The van der Waals surface area contributed by atoms with E-state index in [0.717, 1.165) is 5.56 Å². The highest BCUT2D eigenvalue weighted by Crippen LogP contribution is 2.28. The summed E-state index contributed by atoms with van der Waals surface area (Å²) in [6.07, 6.45) is 0.534. The second-order valence-electron chi connectivity index (χ2n) is 6.35. The molecule has 0 radical (unpaired) electrons. The number of rotatable bonds is 7. The van der Waals surface area contributed by atoms with Crippen LogP contribution in [-0.2, 0) is 16.0 Å². The molecule has 3 rings (SSSR count). The van der Waals surface area contributed by atoms with Crippen LogP contribution in [0.25, 0.3) is 0 Å². The predicted octanol–water partition coefficient (Wildman–Crippen LogP) is 3.28. The summed E-state index contributed by atoms with van der Waals surface area (Å²) < 4.78 is 23.7. The number of amides is 2. The molecule has 0 saturated carbocycles. The van der Waals surface area contributed by atoms with E-state index >= 15 is 0 Å². The number of benzene rings is 2. The normalized spacial score (nSPS) is 16.4. The minimum Gasteiger partial charge on any atom is -0.493 e. The number of imide groups is 1. The summed E-state index contributed by atoms with van der Waals surface area (Å²) in [5.74, 6) is 0.0910. The molecule has 2 aromatic carbocycles. The van der Waals surface area contributed by atoms with Crippen molar-refractivity contribution in [3.05, 3.63) is 52.8 Å². The molecule has 1 N–H and O–H groups in total. The van der Waals surface area contributed by atoms with Crippen LogP contribution < -0.4 is 14.8 Å². The van der Waals surface area contributed by atoms with Gasteiger partial charge in [-0.05, 0) is 42.3 Å². The van der Waals surface area contributed by atoms with Gasteiger partial charge in [0.1, 0.15) is 11.9 Å². The van der Waals surface area contributed by atoms with Crippen LogP contribution in [-0.4, -0.2) is 43.5 Å². The Morgan fingerprint density at radius 3 is 2.57 bits per heavy atom. The lowest BCUT2D eigenvalue weighted by Crippen LogP contribution is -2.36. The Bertz CT molecular complexity index is 906. The third kappa shape index (κ3) is 4.20. The Labute approximate surface area is 167 Å². The lowest BCUT2D eigenvalue weighted by Gasteiger charge is -2.17. The summed E-state index contributed by atoms with van der Waals surface area (Å²) in [4.78, 5) is 26.1. The highest BCUT2D eigenvalue weighted by Gasteiger charge is 2.38. The molecule has 8 heteroatoms. The number of anilines is 1. The molecular weight excluding hydrogens is 387 g/mol. The quantitative estimate of drug-likeness (QED) is 0.715. The maximum Gasteiger partial charge on any atom is 0.252 e. The van der Waals surface area contributed by atoms with Gasteiger partial charge >= 0.3 is 0 Å². The monoisotopic (exact) mass is 406 g/mol. The molecule has 1 fully saturated rings. The van der Waals surface area contributed by atoms with E-state index in [2.05, 4.69) is 5.32 Å². The average molecular weight is 407 g/mol. The first-order valence-electron chi connectivity index (χ1n) is 8.69. The van der Waals surface area contributed by atoms with E-state index in [0.29, 0.717) is 23.6 Å². The molecule has 148 valence electrons. The number of nitrogens with one attached hydrogen (secondary N) is 1. The van der Waals surface area contributed by atoms with Gasteiger partial charge in [0.25, 0.3) is 5.91 Å². The standard InChI is InChI=1S/C20H20ClFN2O4/c1-27-17-6-3-12(9-18(17)28-2)7-8-24-19(25)11-16(20(24)26)23-13-4-5-15(22)14(21)10-13/h3-6,9-10,16,23H,7-8,11H2,1-2H3. The van der Waals surface area contributed by atoms with Crippen LogP contribution in [0.15, 0.2) is 36.4 Å². The lowest BCUT2D eigenvalue weighted by atomic mass is 10.1. The number of likely N-dealkylation sites (tertiary alicyclic amines) is 1. The summed E-state index contributed by atoms with van der Waals surface area (Å²) in [6, 6.07) is 8.85. The zero-order valence-electron chi connectivity index (χ0n) is 15.5. The first-order chi connectivity index (χ1) is 13.4. The molecule has 1 unspecified atom stereocenters. The first kappa shape index (κ1) is 19.9. The number of carbonyl (C=O) groups excluding carboxylic acids is 2. The summed E-state index contributed by atoms with van der Waals surface area (Å²) in [5.41, 5.74) is 1.40. The van der Waals surface area contributed by atoms with Gasteiger partial charge in [-0.2, -0.15) is 0 Å². The van der Waals surface area contributed by atoms with Gasteiger partial charge in [-0.1, -0.05) is 17.7 Å². The molecule has 2 aromatic rings. The zero-order chi connectivity index (χ0) is 20.3. The van der Waals surface area contributed by atoms with Crippen LogP contribution >= 0.6 is 11.6 Å². The molecule has 1 heterocycles. The van der Waals surface area contributed by atoms with Crippen molar-refractivity contribution in [1.82, 2.24) is 4.90 Å². The van der Waals surface area contributed by atoms with Crippen molar-refractivity contribution in [2.75, 3.05) is 26.1 Å². The second kappa shape index (κ2) is 8.48. The third-order valence-corrected chi connectivity index (χ3v) is 4.87. The number of nitrogens with zero attached hydrogens (tertiary/aromatic N) is 1. The molecule has 28 heavy (non-hydrogen) atoms. The fraction of sp³-hybridized carbons (Fsp3) is 0.300. The van der Waals surface area contributed by atoms with Crippen LogP contribution in [0.3, 0.4) is 0 Å². The minimum atomic E-state index is -0.695. The fourth-order valence-electron chi connectivity index (χ4n) is 3.09. The van der Waals surface area contributed by atoms with E-state index in [4.69, 9.17) is 21.1 Å². The summed E-state index contributed by atoms with van der Waals surface area (Å²) in [5, 5.41) is 2.90. The maximum atomic E-state index is 13.3. The average Bonchev–Trinajstić information content (AvgIpc) is 2.95. The highest BCUT2D eigenvalue weighted by atomic mass is 35.5. The molecule has 0 aliphatic carbocycles. The van der Waals surface area contributed by atoms with Crippen LogP contribution in [0.2, 0.25) is 5.02 Å². The van der Waals surface area contributed by atoms with Gasteiger partial charge in [0.05, 0.1) is 25.7 Å². The van der Waals surface area contributed by atoms with Crippen molar-refractivity contribution in [1.29, 1.82) is 0 Å². The van der Waals surface area contributed by atoms with E-state index in [-0.39, 0.29) is 29.8 Å². The Hall–Kier alpha value is -2.80. The number of hydrogen-bond donors (Lipinski definition) is 1. The second-order valence-corrected chi connectivity index (χ2v) is 6.76. The van der Waals surface area contributed by atoms with E-state index < -0.39 is 11.9 Å². The third-order valence-electron chi connectivity index (χ3n) is 4.58. The van der Waals surface area contributed by atoms with Crippen molar-refractivity contribution < 1.29 is 23.5 Å². The van der Waals surface area contributed by atoms with E-state index in [1.54, 1.807) is 20.3 Å². The Morgan fingerprint density at radius 1 is 1.14 bits per heavy atom. The maximum absolute atomic E-state index is 13.3. The van der Waals surface area contributed by atoms with Crippen molar-refractivity contribution in [3.8, 4) is 11.5 Å². The Balaban J connectivity index is 1.64. The van der Waals surface area contributed by atoms with Crippen molar-refractivity contribution >= 4 is 29.1 Å². The van der Waals surface area contributed by atoms with Crippen molar-refractivity contribution in [3.63, 3.8) is 0 Å². The van der Waals surface area contributed by atoms with Gasteiger partial charge < -0.3 is 14.8 Å². The fourth-order valence-corrected chi connectivity index (χ4v) is 3.28. The van der Waals surface area contributed by atoms with Crippen LogP contribution in [0.4, 0.5) is 10.1 Å². The molecule has 6 nitrogen and oxygen atoms in total. The smallest absolute Gasteiger partial charge is 0.252 e. The Morgan fingerprint density at radius 2 is 1.89 bits per heavy atom. The lowest BCUT2D eigenvalue weighted by molar-refractivity contribution is -0.138. The molecule has 0 spiro atoms. The molecule has 2 amide bonds. The number of hydrogen-bond acceptors (Lipinski definition) is 5. The van der Waals surface area contributed by atoms with E-state index in [1.807, 2.05) is 12.1 Å². The molecular formula is C20H20ClFN2O4. The first-order valence-corrected chi connectivity index (χ1v) is 9.07. The minimum absolute atomic E-state index is 0.0414. The number of halogens is 2. The number of ether oxygens (including phenoxy) is 2. The van der Waals surface area contributed by atoms with Crippen LogP contribution in [0.1, 0.15) is 12.0 Å². The highest BCUT2D eigenvalue weighted by molar-refractivity contribution is 6.31.